The molecule has 3 heterocycles. The number of amides is 1. The largest absolute Gasteiger partial charge is 0.338 e. The van der Waals surface area contributed by atoms with Crippen molar-refractivity contribution in [3.05, 3.63) is 22.4 Å². The van der Waals surface area contributed by atoms with Gasteiger partial charge in [0.05, 0.1) is 4.88 Å². The highest BCUT2D eigenvalue weighted by Crippen LogP contribution is 2.29. The Hall–Kier alpha value is -1.20. The Morgan fingerprint density at radius 1 is 1.35 bits per heavy atom. The number of hydrogen-bond acceptors (Lipinski definition) is 4. The van der Waals surface area contributed by atoms with Crippen LogP contribution in [0.2, 0.25) is 5.15 Å². The van der Waals surface area contributed by atoms with E-state index in [2.05, 4.69) is 9.97 Å². The lowest BCUT2D eigenvalue weighted by Crippen LogP contribution is -2.26. The van der Waals surface area contributed by atoms with E-state index in [1.165, 1.54) is 17.7 Å². The minimum absolute atomic E-state index is 0.0848. The van der Waals surface area contributed by atoms with Crippen LogP contribution in [0.3, 0.4) is 0 Å². The van der Waals surface area contributed by atoms with Gasteiger partial charge in [-0.05, 0) is 18.9 Å². The molecule has 0 radical (unpaired) electrons. The first-order valence-corrected chi connectivity index (χ1v) is 6.64. The first-order chi connectivity index (χ1) is 8.25. The van der Waals surface area contributed by atoms with Crippen LogP contribution >= 0.6 is 22.9 Å². The molecule has 2 aromatic heterocycles. The maximum absolute atomic E-state index is 12.2. The summed E-state index contributed by atoms with van der Waals surface area (Å²) < 4.78 is 0. The van der Waals surface area contributed by atoms with Gasteiger partial charge < -0.3 is 4.90 Å². The molecule has 0 saturated carbocycles. The van der Waals surface area contributed by atoms with Crippen molar-refractivity contribution in [2.45, 2.75) is 12.8 Å². The van der Waals surface area contributed by atoms with Gasteiger partial charge in [0.25, 0.3) is 5.91 Å². The van der Waals surface area contributed by atoms with Crippen molar-refractivity contribution in [2.24, 2.45) is 0 Å². The number of thiophene rings is 1. The average Bonchev–Trinajstić information content (AvgIpc) is 2.98. The quantitative estimate of drug-likeness (QED) is 0.746. The molecule has 0 N–H and O–H groups in total. The summed E-state index contributed by atoms with van der Waals surface area (Å²) in [5, 5.41) is 1.17. The average molecular weight is 268 g/mol. The van der Waals surface area contributed by atoms with Gasteiger partial charge in [-0.1, -0.05) is 11.6 Å². The van der Waals surface area contributed by atoms with Crippen LogP contribution in [0.4, 0.5) is 0 Å². The molecule has 1 aliphatic heterocycles. The number of nitrogens with zero attached hydrogens (tertiary/aromatic N) is 3. The van der Waals surface area contributed by atoms with E-state index in [0.717, 1.165) is 36.1 Å². The lowest BCUT2D eigenvalue weighted by molar-refractivity contribution is 0.0797. The molecule has 0 unspecified atom stereocenters. The smallest absolute Gasteiger partial charge is 0.264 e. The molecule has 3 rings (SSSR count). The second-order valence-electron chi connectivity index (χ2n) is 3.99. The van der Waals surface area contributed by atoms with Gasteiger partial charge in [0.2, 0.25) is 0 Å². The summed E-state index contributed by atoms with van der Waals surface area (Å²) >= 11 is 7.35. The Bertz CT molecular complexity index is 577. The number of halogens is 1. The number of likely N-dealkylation sites (tertiary alicyclic amines) is 1. The highest BCUT2D eigenvalue weighted by atomic mass is 35.5. The summed E-state index contributed by atoms with van der Waals surface area (Å²) in [5.74, 6) is 0.0848. The van der Waals surface area contributed by atoms with E-state index in [4.69, 9.17) is 11.6 Å². The molecule has 2 aromatic rings. The minimum Gasteiger partial charge on any atom is -0.338 e. The summed E-state index contributed by atoms with van der Waals surface area (Å²) in [7, 11) is 0. The molecule has 4 nitrogen and oxygen atoms in total. The fraction of sp³-hybridized carbons (Fsp3) is 0.364. The third-order valence-electron chi connectivity index (χ3n) is 2.88. The number of carbonyl (C=O) groups is 1. The standard InChI is InChI=1S/C11H10ClN3OS/c12-9-7-5-8(17-10(7)14-6-13-9)11(16)15-3-1-2-4-15/h5-6H,1-4H2. The van der Waals surface area contributed by atoms with Crippen LogP contribution in [0.15, 0.2) is 12.4 Å². The summed E-state index contributed by atoms with van der Waals surface area (Å²) in [6.45, 7) is 1.71. The number of hydrogen-bond donors (Lipinski definition) is 0. The minimum atomic E-state index is 0.0848. The zero-order valence-corrected chi connectivity index (χ0v) is 10.6. The molecule has 1 aliphatic rings. The van der Waals surface area contributed by atoms with Gasteiger partial charge in [-0.25, -0.2) is 9.97 Å². The fourth-order valence-corrected chi connectivity index (χ4v) is 3.22. The molecule has 0 aromatic carbocycles. The summed E-state index contributed by atoms with van der Waals surface area (Å²) in [6, 6.07) is 1.79. The molecule has 0 aliphatic carbocycles. The summed E-state index contributed by atoms with van der Waals surface area (Å²) in [6.07, 6.45) is 3.61. The molecule has 0 atom stereocenters. The normalized spacial score (nSPS) is 15.7. The topological polar surface area (TPSA) is 46.1 Å². The first-order valence-electron chi connectivity index (χ1n) is 5.45. The van der Waals surface area contributed by atoms with Crippen molar-refractivity contribution in [2.75, 3.05) is 13.1 Å². The van der Waals surface area contributed by atoms with E-state index < -0.39 is 0 Å². The predicted molar refractivity (Wildman–Crippen MR) is 67.6 cm³/mol. The van der Waals surface area contributed by atoms with Gasteiger partial charge >= 0.3 is 0 Å². The van der Waals surface area contributed by atoms with Gasteiger partial charge in [0.1, 0.15) is 16.3 Å². The zero-order chi connectivity index (χ0) is 11.8. The van der Waals surface area contributed by atoms with Crippen LogP contribution in [0.5, 0.6) is 0 Å². The molecular weight excluding hydrogens is 258 g/mol. The van der Waals surface area contributed by atoms with Gasteiger partial charge in [0.15, 0.2) is 0 Å². The lowest BCUT2D eigenvalue weighted by atomic mass is 10.3. The number of rotatable bonds is 1. The van der Waals surface area contributed by atoms with Gasteiger partial charge in [-0.2, -0.15) is 0 Å². The number of carbonyl (C=O) groups excluding carboxylic acids is 1. The van der Waals surface area contributed by atoms with E-state index in [-0.39, 0.29) is 5.91 Å². The Labute approximate surface area is 107 Å². The Balaban J connectivity index is 2.00. The first kappa shape index (κ1) is 10.9. The predicted octanol–water partition coefficient (Wildman–Crippen LogP) is 2.58. The SMILES string of the molecule is O=C(c1cc2c(Cl)ncnc2s1)N1CCCC1. The number of aromatic nitrogens is 2. The van der Waals surface area contributed by atoms with E-state index >= 15 is 0 Å². The van der Waals surface area contributed by atoms with E-state index in [0.29, 0.717) is 10.0 Å². The molecule has 1 amide bonds. The Morgan fingerprint density at radius 3 is 2.82 bits per heavy atom. The van der Waals surface area contributed by atoms with Crippen molar-refractivity contribution in [3.8, 4) is 0 Å². The van der Waals surface area contributed by atoms with Crippen LogP contribution in [0.25, 0.3) is 10.2 Å². The lowest BCUT2D eigenvalue weighted by Gasteiger charge is -2.13. The molecular formula is C11H10ClN3OS. The van der Waals surface area contributed by atoms with E-state index in [9.17, 15) is 4.79 Å². The summed E-state index contributed by atoms with van der Waals surface area (Å²) in [4.78, 5) is 23.6. The third kappa shape index (κ3) is 1.89. The monoisotopic (exact) mass is 267 g/mol. The van der Waals surface area contributed by atoms with Gasteiger partial charge in [-0.3, -0.25) is 4.79 Å². The van der Waals surface area contributed by atoms with Crippen molar-refractivity contribution in [1.29, 1.82) is 0 Å². The molecule has 88 valence electrons. The van der Waals surface area contributed by atoms with Gasteiger partial charge in [-0.15, -0.1) is 11.3 Å². The second-order valence-corrected chi connectivity index (χ2v) is 5.38. The Morgan fingerprint density at radius 2 is 2.12 bits per heavy atom. The van der Waals surface area contributed by atoms with Crippen LogP contribution in [0, 0.1) is 0 Å². The third-order valence-corrected chi connectivity index (χ3v) is 4.22. The summed E-state index contributed by atoms with van der Waals surface area (Å²) in [5.41, 5.74) is 0. The highest BCUT2D eigenvalue weighted by Gasteiger charge is 2.22. The highest BCUT2D eigenvalue weighted by molar-refractivity contribution is 7.20. The van der Waals surface area contributed by atoms with Crippen molar-refractivity contribution in [3.63, 3.8) is 0 Å². The molecule has 1 fully saturated rings. The Kier molecular flexibility index (Phi) is 2.72. The number of fused-ring (bicyclic) bond motifs is 1. The molecule has 0 bridgehead atoms. The molecule has 1 saturated heterocycles. The second kappa shape index (κ2) is 4.23. The maximum Gasteiger partial charge on any atom is 0.264 e. The molecule has 0 spiro atoms. The van der Waals surface area contributed by atoms with E-state index in [1.54, 1.807) is 6.07 Å². The van der Waals surface area contributed by atoms with Crippen LogP contribution in [-0.4, -0.2) is 33.9 Å². The van der Waals surface area contributed by atoms with Crippen LogP contribution in [-0.2, 0) is 0 Å². The maximum atomic E-state index is 12.2. The zero-order valence-electron chi connectivity index (χ0n) is 9.02. The van der Waals surface area contributed by atoms with Crippen molar-refractivity contribution >= 4 is 39.1 Å². The van der Waals surface area contributed by atoms with Crippen LogP contribution in [0.1, 0.15) is 22.5 Å². The molecule has 6 heteroatoms. The van der Waals surface area contributed by atoms with Gasteiger partial charge in [0, 0.05) is 18.5 Å². The van der Waals surface area contributed by atoms with Crippen LogP contribution < -0.4 is 0 Å². The molecule has 17 heavy (non-hydrogen) atoms. The van der Waals surface area contributed by atoms with E-state index in [1.807, 2.05) is 4.90 Å². The van der Waals surface area contributed by atoms with Crippen molar-refractivity contribution in [1.82, 2.24) is 14.9 Å². The van der Waals surface area contributed by atoms with Crippen molar-refractivity contribution < 1.29 is 4.79 Å². The fourth-order valence-electron chi connectivity index (χ4n) is 2.01.